The molecule has 0 spiro atoms. The summed E-state index contributed by atoms with van der Waals surface area (Å²) in [5.41, 5.74) is -3.43. The fourth-order valence-electron chi connectivity index (χ4n) is 3.70. The van der Waals surface area contributed by atoms with Crippen molar-refractivity contribution < 1.29 is 55.6 Å². The molecule has 2 N–H and O–H groups in total. The summed E-state index contributed by atoms with van der Waals surface area (Å²) < 4.78 is 80.5. The van der Waals surface area contributed by atoms with Gasteiger partial charge >= 0.3 is 18.5 Å². The van der Waals surface area contributed by atoms with E-state index in [4.69, 9.17) is 41.9 Å². The normalized spacial score (nSPS) is 27.0. The molecular formula is C23H26ClF4N2O8PS. The Morgan fingerprint density at radius 2 is 1.90 bits per heavy atom. The van der Waals surface area contributed by atoms with Crippen LogP contribution in [0.4, 0.5) is 17.6 Å². The molecule has 0 aromatic heterocycles. The van der Waals surface area contributed by atoms with Crippen LogP contribution in [-0.4, -0.2) is 76.7 Å². The number of halogens is 5. The zero-order chi connectivity index (χ0) is 30.0. The summed E-state index contributed by atoms with van der Waals surface area (Å²) in [5, 5.41) is 12.4. The lowest BCUT2D eigenvalue weighted by molar-refractivity contribution is -0.201. The van der Waals surface area contributed by atoms with Crippen molar-refractivity contribution in [2.45, 2.75) is 69.6 Å². The number of ether oxygens (including phenoxy) is 2. The molecule has 0 radical (unpaired) electrons. The molecule has 222 valence electrons. The average molecular weight is 633 g/mol. The molecule has 3 rings (SSSR count). The van der Waals surface area contributed by atoms with Gasteiger partial charge in [-0.2, -0.15) is 8.78 Å². The van der Waals surface area contributed by atoms with E-state index >= 15 is 8.78 Å². The van der Waals surface area contributed by atoms with Gasteiger partial charge in [-0.05, 0) is 44.7 Å². The number of hydrogen-bond acceptors (Lipinski definition) is 9. The lowest BCUT2D eigenvalue weighted by Crippen LogP contribution is -2.55. The highest BCUT2D eigenvalue weighted by Crippen LogP contribution is 2.52. The van der Waals surface area contributed by atoms with E-state index in [1.54, 1.807) is 32.0 Å². The van der Waals surface area contributed by atoms with Crippen molar-refractivity contribution in [2.75, 3.05) is 6.61 Å². The summed E-state index contributed by atoms with van der Waals surface area (Å²) in [5.74, 6) is -7.27. The molecule has 10 nitrogen and oxygen atoms in total. The fourth-order valence-corrected chi connectivity index (χ4v) is 6.29. The van der Waals surface area contributed by atoms with Gasteiger partial charge in [0, 0.05) is 6.20 Å². The molecule has 40 heavy (non-hydrogen) atoms. The third kappa shape index (κ3) is 6.84. The van der Waals surface area contributed by atoms with Crippen molar-refractivity contribution in [3.05, 3.63) is 41.6 Å². The van der Waals surface area contributed by atoms with E-state index in [-0.39, 0.29) is 10.6 Å². The molecule has 5 atom stereocenters. The Morgan fingerprint density at radius 3 is 2.48 bits per heavy atom. The van der Waals surface area contributed by atoms with Crippen LogP contribution < -0.4 is 9.61 Å². The Kier molecular flexibility index (Phi) is 10.0. The number of aliphatic hydroxyl groups is 1. The first-order valence-electron chi connectivity index (χ1n) is 11.7. The Hall–Kier alpha value is -2.13. The summed E-state index contributed by atoms with van der Waals surface area (Å²) >= 11 is 11.1. The monoisotopic (exact) mass is 632 g/mol. The highest BCUT2D eigenvalue weighted by molar-refractivity contribution is 8.09. The van der Waals surface area contributed by atoms with Crippen molar-refractivity contribution >= 4 is 47.7 Å². The van der Waals surface area contributed by atoms with Gasteiger partial charge in [0.25, 0.3) is 6.43 Å². The molecule has 1 saturated heterocycles. The Balaban J connectivity index is 1.93. The standard InChI is InChI=1S/C23H26ClF4N2O8PS/c1-12(2)36-18(33)13(3)29-39(40,38-14-7-5-4-6-8-14)35-11-22(20(25)26)19(34)23(27,28)21(37-22)30-10-15(24)16(31)9-17(30)32/h4-8,10,12-13,19-21,34H,9,11H2,1-3H3,(H,29,40)/t13-,19+,21+,22+,39?/m0/s1. The third-order valence-corrected chi connectivity index (χ3v) is 8.50. The summed E-state index contributed by atoms with van der Waals surface area (Å²) in [7, 11) is 0. The second kappa shape index (κ2) is 12.4. The number of hydrogen-bond donors (Lipinski definition) is 2. The van der Waals surface area contributed by atoms with Gasteiger partial charge in [-0.3, -0.25) is 19.3 Å². The van der Waals surface area contributed by atoms with E-state index < -0.39 is 84.8 Å². The summed E-state index contributed by atoms with van der Waals surface area (Å²) in [6, 6.07) is 6.44. The van der Waals surface area contributed by atoms with Gasteiger partial charge in [0.15, 0.2) is 17.5 Å². The predicted molar refractivity (Wildman–Crippen MR) is 136 cm³/mol. The van der Waals surface area contributed by atoms with Crippen LogP contribution >= 0.6 is 18.2 Å². The van der Waals surface area contributed by atoms with Gasteiger partial charge in [-0.1, -0.05) is 29.8 Å². The highest BCUT2D eigenvalue weighted by atomic mass is 35.5. The largest absolute Gasteiger partial charge is 0.462 e. The maximum atomic E-state index is 15.2. The minimum atomic E-state index is -4.48. The number of nitrogens with zero attached hydrogens (tertiary/aromatic N) is 1. The molecule has 2 aliphatic rings. The van der Waals surface area contributed by atoms with E-state index in [2.05, 4.69) is 5.09 Å². The number of ketones is 1. The number of rotatable bonds is 11. The molecule has 1 amide bonds. The summed E-state index contributed by atoms with van der Waals surface area (Å²) in [6.45, 7) is -0.977. The molecule has 1 unspecified atom stereocenters. The van der Waals surface area contributed by atoms with E-state index in [1.807, 2.05) is 0 Å². The molecule has 17 heteroatoms. The zero-order valence-electron chi connectivity index (χ0n) is 21.3. The number of carbonyl (C=O) groups excluding carboxylic acids is 3. The Labute approximate surface area is 236 Å². The van der Waals surface area contributed by atoms with Crippen molar-refractivity contribution in [2.24, 2.45) is 0 Å². The van der Waals surface area contributed by atoms with Crippen LogP contribution in [0, 0.1) is 0 Å². The van der Waals surface area contributed by atoms with Gasteiger partial charge in [-0.15, -0.1) is 0 Å². The fraction of sp³-hybridized carbons (Fsp3) is 0.522. The van der Waals surface area contributed by atoms with Crippen LogP contribution in [0.5, 0.6) is 5.75 Å². The quantitative estimate of drug-likeness (QED) is 0.162. The summed E-state index contributed by atoms with van der Waals surface area (Å²) in [6.07, 6.45) is -10.7. The lowest BCUT2D eigenvalue weighted by atomic mass is 9.95. The number of Topliss-reactive ketones (excluding diaryl/α,β-unsaturated/α-hetero) is 1. The topological polar surface area (TPSA) is 124 Å². The third-order valence-electron chi connectivity index (χ3n) is 5.71. The molecule has 2 heterocycles. The number of nitrogens with one attached hydrogen (secondary N) is 1. The SMILES string of the molecule is CC(C)OC(=O)[C@H](C)NP(=S)(OC[C@@]1(C(F)F)O[C@@H](N2C=C(Cl)C(=O)CC2=O)C(F)(F)[C@@H]1O)Oc1ccccc1. The molecule has 1 aromatic rings. The molecule has 0 aliphatic carbocycles. The van der Waals surface area contributed by atoms with Crippen LogP contribution in [0.3, 0.4) is 0 Å². The van der Waals surface area contributed by atoms with Crippen molar-refractivity contribution in [3.8, 4) is 5.75 Å². The number of para-hydroxylation sites is 1. The number of alkyl halides is 4. The van der Waals surface area contributed by atoms with Crippen LogP contribution in [0.25, 0.3) is 0 Å². The first-order valence-corrected chi connectivity index (χ1v) is 14.7. The maximum Gasteiger partial charge on any atom is 0.323 e. The van der Waals surface area contributed by atoms with E-state index in [0.29, 0.717) is 6.20 Å². The lowest BCUT2D eigenvalue weighted by Gasteiger charge is -2.34. The van der Waals surface area contributed by atoms with Gasteiger partial charge in [0.2, 0.25) is 12.1 Å². The average Bonchev–Trinajstić information content (AvgIpc) is 3.06. The number of amides is 1. The second-order valence-electron chi connectivity index (χ2n) is 9.19. The molecule has 2 aliphatic heterocycles. The van der Waals surface area contributed by atoms with Crippen LogP contribution in [0.2, 0.25) is 0 Å². The van der Waals surface area contributed by atoms with Crippen LogP contribution in [0.15, 0.2) is 41.6 Å². The summed E-state index contributed by atoms with van der Waals surface area (Å²) in [4.78, 5) is 36.5. The molecule has 0 saturated carbocycles. The maximum absolute atomic E-state index is 15.2. The zero-order valence-corrected chi connectivity index (χ0v) is 23.7. The van der Waals surface area contributed by atoms with Crippen molar-refractivity contribution in [1.29, 1.82) is 0 Å². The highest BCUT2D eigenvalue weighted by Gasteiger charge is 2.72. The number of esters is 1. The van der Waals surface area contributed by atoms with Crippen LogP contribution in [0.1, 0.15) is 27.2 Å². The second-order valence-corrected chi connectivity index (χ2v) is 12.7. The van der Waals surface area contributed by atoms with Gasteiger partial charge in [0.1, 0.15) is 16.8 Å². The number of allylic oxidation sites excluding steroid dienone is 1. The minimum Gasteiger partial charge on any atom is -0.462 e. The number of benzene rings is 1. The van der Waals surface area contributed by atoms with E-state index in [1.165, 1.54) is 19.1 Å². The predicted octanol–water partition coefficient (Wildman–Crippen LogP) is 3.47. The minimum absolute atomic E-state index is 0.0910. The van der Waals surface area contributed by atoms with E-state index in [9.17, 15) is 28.3 Å². The first kappa shape index (κ1) is 32.4. The van der Waals surface area contributed by atoms with Gasteiger partial charge in [0.05, 0.1) is 19.1 Å². The van der Waals surface area contributed by atoms with E-state index in [0.717, 1.165) is 0 Å². The number of aliphatic hydroxyl groups excluding tert-OH is 1. The van der Waals surface area contributed by atoms with Gasteiger partial charge < -0.3 is 23.6 Å². The molecule has 0 bridgehead atoms. The molecule has 1 aromatic carbocycles. The molecular weight excluding hydrogens is 607 g/mol. The molecule has 1 fully saturated rings. The van der Waals surface area contributed by atoms with Crippen LogP contribution in [-0.2, 0) is 40.2 Å². The van der Waals surface area contributed by atoms with Gasteiger partial charge in [-0.25, -0.2) is 13.9 Å². The van der Waals surface area contributed by atoms with Crippen molar-refractivity contribution in [3.63, 3.8) is 0 Å². The smallest absolute Gasteiger partial charge is 0.323 e. The number of carbonyl (C=O) groups is 3. The first-order chi connectivity index (χ1) is 18.5. The Morgan fingerprint density at radius 1 is 1.27 bits per heavy atom. The Bertz CT molecular complexity index is 1210. The van der Waals surface area contributed by atoms with Crippen molar-refractivity contribution in [1.82, 2.24) is 9.99 Å².